The molecule has 0 aromatic heterocycles. The molecular formula is C30H46FNO3. The average molecular weight is 488 g/mol. The van der Waals surface area contributed by atoms with Crippen molar-refractivity contribution in [3.63, 3.8) is 0 Å². The minimum Gasteiger partial charge on any atom is -0.455 e. The van der Waals surface area contributed by atoms with Gasteiger partial charge in [-0.3, -0.25) is 9.59 Å². The van der Waals surface area contributed by atoms with Crippen LogP contribution in [0.2, 0.25) is 0 Å². The molecule has 1 unspecified atom stereocenters. The molecule has 4 saturated carbocycles. The summed E-state index contributed by atoms with van der Waals surface area (Å²) in [6, 6.07) is 0. The van der Waals surface area contributed by atoms with Gasteiger partial charge in [0.25, 0.3) is 0 Å². The minimum atomic E-state index is -1.15. The van der Waals surface area contributed by atoms with Crippen molar-refractivity contribution in [1.82, 2.24) is 5.32 Å². The summed E-state index contributed by atoms with van der Waals surface area (Å²) in [6.07, 6.45) is 6.24. The predicted molar refractivity (Wildman–Crippen MR) is 133 cm³/mol. The van der Waals surface area contributed by atoms with Gasteiger partial charge >= 0.3 is 5.97 Å². The average Bonchev–Trinajstić information content (AvgIpc) is 2.93. The Hall–Kier alpha value is -1.13. The van der Waals surface area contributed by atoms with Crippen LogP contribution in [0.25, 0.3) is 0 Å². The Labute approximate surface area is 210 Å². The van der Waals surface area contributed by atoms with Crippen molar-refractivity contribution in [2.75, 3.05) is 0 Å². The van der Waals surface area contributed by atoms with Crippen LogP contribution in [0.1, 0.15) is 106 Å². The van der Waals surface area contributed by atoms with Gasteiger partial charge in [-0.1, -0.05) is 34.6 Å². The molecule has 2 bridgehead atoms. The maximum atomic E-state index is 17.2. The molecule has 1 amide bonds. The molecule has 0 aromatic carbocycles. The number of fused-ring (bicyclic) bond motifs is 4. The molecule has 196 valence electrons. The van der Waals surface area contributed by atoms with E-state index in [1.165, 1.54) is 0 Å². The molecule has 0 aromatic rings. The van der Waals surface area contributed by atoms with Crippen molar-refractivity contribution in [3.05, 3.63) is 0 Å². The van der Waals surface area contributed by atoms with E-state index in [4.69, 9.17) is 4.74 Å². The largest absolute Gasteiger partial charge is 0.455 e. The van der Waals surface area contributed by atoms with E-state index in [1.807, 2.05) is 0 Å². The standard InChI is InChI=1S/C30H46FNO3/c1-17-8-13-29-15-14-28(7)27(6)12-9-19-25(3,4)32-22(33)10-11-26(19,5)20(27)16-21(31)30(28,35-24(29)34)23(29)18(17)2/h17-21,23H,8-16H2,1-7H3,(H,32,33)/t17-,18+,19+,20-,21-,23-,26+,27-,28+,29+,30?/m1/s1. The fourth-order valence-electron chi connectivity index (χ4n) is 11.8. The topological polar surface area (TPSA) is 55.4 Å². The van der Waals surface area contributed by atoms with E-state index in [0.717, 1.165) is 44.9 Å². The third-order valence-corrected chi connectivity index (χ3v) is 13.8. The molecule has 6 aliphatic rings. The summed E-state index contributed by atoms with van der Waals surface area (Å²) >= 11 is 0. The number of esters is 1. The van der Waals surface area contributed by atoms with Gasteiger partial charge in [-0.15, -0.1) is 0 Å². The Bertz CT molecular complexity index is 981. The van der Waals surface area contributed by atoms with Crippen molar-refractivity contribution >= 4 is 11.9 Å². The van der Waals surface area contributed by atoms with Gasteiger partial charge in [-0.05, 0) is 99.7 Å². The molecule has 11 atom stereocenters. The van der Waals surface area contributed by atoms with Crippen LogP contribution in [0.15, 0.2) is 0 Å². The number of carbonyl (C=O) groups excluding carboxylic acids is 2. The Morgan fingerprint density at radius 1 is 0.914 bits per heavy atom. The first-order chi connectivity index (χ1) is 16.2. The van der Waals surface area contributed by atoms with Gasteiger partial charge < -0.3 is 10.1 Å². The smallest absolute Gasteiger partial charge is 0.313 e. The molecule has 5 heteroatoms. The lowest BCUT2D eigenvalue weighted by Crippen LogP contribution is -2.75. The normalized spacial score (nSPS) is 58.6. The summed E-state index contributed by atoms with van der Waals surface area (Å²) in [5.74, 6) is 1.23. The van der Waals surface area contributed by atoms with E-state index in [-0.39, 0.29) is 46.0 Å². The van der Waals surface area contributed by atoms with Gasteiger partial charge in [-0.25, -0.2) is 4.39 Å². The van der Waals surface area contributed by atoms with E-state index in [0.29, 0.717) is 24.7 Å². The van der Waals surface area contributed by atoms with E-state index in [9.17, 15) is 9.59 Å². The summed E-state index contributed by atoms with van der Waals surface area (Å²) in [5.41, 5.74) is -2.48. The molecule has 2 heterocycles. The second kappa shape index (κ2) is 6.84. The SMILES string of the molecule is C[C@H]1[C@H](C)CC[C@@]23CC[C@]4(C)C(OC2=O)([C@H](F)C[C@@H]2[C@@]5(C)CCC(=O)NC(C)(C)[C@@H]5CC[C@]24C)[C@H]13. The highest BCUT2D eigenvalue weighted by Gasteiger charge is 2.84. The molecule has 35 heavy (non-hydrogen) atoms. The number of amides is 1. The van der Waals surface area contributed by atoms with Gasteiger partial charge in [0.15, 0.2) is 5.60 Å². The molecule has 4 aliphatic carbocycles. The van der Waals surface area contributed by atoms with Crippen molar-refractivity contribution in [2.45, 2.75) is 124 Å². The Morgan fingerprint density at radius 2 is 1.63 bits per heavy atom. The highest BCUT2D eigenvalue weighted by molar-refractivity contribution is 5.82. The first-order valence-electron chi connectivity index (χ1n) is 14.4. The van der Waals surface area contributed by atoms with Crippen LogP contribution in [-0.4, -0.2) is 29.2 Å². The fraction of sp³-hybridized carbons (Fsp3) is 0.933. The summed E-state index contributed by atoms with van der Waals surface area (Å²) in [4.78, 5) is 26.4. The van der Waals surface area contributed by atoms with E-state index in [1.54, 1.807) is 0 Å². The summed E-state index contributed by atoms with van der Waals surface area (Å²) < 4.78 is 23.7. The quantitative estimate of drug-likeness (QED) is 0.413. The van der Waals surface area contributed by atoms with Gasteiger partial charge in [0.2, 0.25) is 5.91 Å². The Morgan fingerprint density at radius 3 is 2.34 bits per heavy atom. The number of hydrogen-bond acceptors (Lipinski definition) is 3. The van der Waals surface area contributed by atoms with Crippen molar-refractivity contribution < 1.29 is 18.7 Å². The third-order valence-electron chi connectivity index (χ3n) is 13.8. The minimum absolute atomic E-state index is 0.0304. The van der Waals surface area contributed by atoms with Crippen LogP contribution < -0.4 is 5.32 Å². The first kappa shape index (κ1) is 24.2. The zero-order valence-electron chi connectivity index (χ0n) is 22.9. The lowest BCUT2D eigenvalue weighted by atomic mass is 9.31. The van der Waals surface area contributed by atoms with Crippen LogP contribution in [0.5, 0.6) is 0 Å². The molecule has 0 radical (unpaired) electrons. The first-order valence-corrected chi connectivity index (χ1v) is 14.4. The lowest BCUT2D eigenvalue weighted by molar-refractivity contribution is -0.301. The Kier molecular flexibility index (Phi) is 4.73. The third kappa shape index (κ3) is 2.50. The van der Waals surface area contributed by atoms with Crippen molar-refractivity contribution in [2.24, 2.45) is 51.2 Å². The van der Waals surface area contributed by atoms with E-state index < -0.39 is 22.6 Å². The van der Waals surface area contributed by atoms with E-state index >= 15 is 4.39 Å². The second-order valence-electron chi connectivity index (χ2n) is 15.1. The fourth-order valence-corrected chi connectivity index (χ4v) is 11.8. The van der Waals surface area contributed by atoms with Gasteiger partial charge in [-0.2, -0.15) is 0 Å². The number of halogens is 1. The zero-order chi connectivity index (χ0) is 25.4. The van der Waals surface area contributed by atoms with Crippen molar-refractivity contribution in [3.8, 4) is 0 Å². The number of ether oxygens (including phenoxy) is 1. The lowest BCUT2D eigenvalue weighted by Gasteiger charge is -2.73. The maximum absolute atomic E-state index is 17.2. The van der Waals surface area contributed by atoms with Gasteiger partial charge in [0.1, 0.15) is 6.17 Å². The number of carbonyl (C=O) groups is 2. The summed E-state index contributed by atoms with van der Waals surface area (Å²) in [7, 11) is 0. The summed E-state index contributed by atoms with van der Waals surface area (Å²) in [6.45, 7) is 16.0. The van der Waals surface area contributed by atoms with Crippen LogP contribution in [0.3, 0.4) is 0 Å². The predicted octanol–water partition coefficient (Wildman–Crippen LogP) is 6.22. The van der Waals surface area contributed by atoms with Crippen LogP contribution in [-0.2, 0) is 14.3 Å². The number of alkyl halides is 1. The van der Waals surface area contributed by atoms with Gasteiger partial charge in [0, 0.05) is 23.3 Å². The van der Waals surface area contributed by atoms with Crippen LogP contribution >= 0.6 is 0 Å². The molecule has 2 aliphatic heterocycles. The summed E-state index contributed by atoms with van der Waals surface area (Å²) in [5, 5.41) is 3.30. The Balaban J connectivity index is 1.51. The maximum Gasteiger partial charge on any atom is 0.313 e. The van der Waals surface area contributed by atoms with Gasteiger partial charge in [0.05, 0.1) is 5.41 Å². The zero-order valence-corrected chi connectivity index (χ0v) is 22.9. The number of rotatable bonds is 0. The van der Waals surface area contributed by atoms with E-state index in [2.05, 4.69) is 53.8 Å². The van der Waals surface area contributed by atoms with Crippen molar-refractivity contribution in [1.29, 1.82) is 0 Å². The second-order valence-corrected chi connectivity index (χ2v) is 15.1. The number of hydrogen-bond donors (Lipinski definition) is 1. The highest BCUT2D eigenvalue weighted by atomic mass is 19.1. The molecule has 2 saturated heterocycles. The van der Waals surface area contributed by atoms with Crippen LogP contribution in [0, 0.1) is 51.2 Å². The van der Waals surface area contributed by atoms with Crippen LogP contribution in [0.4, 0.5) is 4.39 Å². The molecular weight excluding hydrogens is 441 g/mol. The highest BCUT2D eigenvalue weighted by Crippen LogP contribution is 2.80. The molecule has 6 rings (SSSR count). The molecule has 4 nitrogen and oxygen atoms in total. The molecule has 1 N–H and O–H groups in total. The monoisotopic (exact) mass is 487 g/mol. The molecule has 1 spiro atoms. The molecule has 6 fully saturated rings. The number of nitrogens with one attached hydrogen (secondary N) is 1.